The molecular formula is C25H31N3O2S. The summed E-state index contributed by atoms with van der Waals surface area (Å²) in [6.07, 6.45) is 12.1. The third kappa shape index (κ3) is 4.74. The molecule has 2 amide bonds. The molecule has 164 valence electrons. The maximum atomic E-state index is 13.7. The summed E-state index contributed by atoms with van der Waals surface area (Å²) in [5.74, 6) is -0.203. The first-order chi connectivity index (χ1) is 15.2. The van der Waals surface area contributed by atoms with E-state index in [2.05, 4.69) is 16.8 Å². The van der Waals surface area contributed by atoms with Gasteiger partial charge in [-0.15, -0.1) is 11.3 Å². The minimum Gasteiger partial charge on any atom is -0.366 e. The molecule has 2 aromatic rings. The number of thiophene rings is 1. The molecule has 0 aromatic carbocycles. The van der Waals surface area contributed by atoms with E-state index in [0.717, 1.165) is 37.0 Å². The Morgan fingerprint density at radius 1 is 1.03 bits per heavy atom. The number of imide groups is 1. The number of hydrogen-bond acceptors (Lipinski definition) is 5. The molecule has 0 bridgehead atoms. The highest BCUT2D eigenvalue weighted by atomic mass is 32.1. The lowest BCUT2D eigenvalue weighted by atomic mass is 9.95. The molecule has 2 aliphatic rings. The van der Waals surface area contributed by atoms with Gasteiger partial charge in [-0.2, -0.15) is 0 Å². The Kier molecular flexibility index (Phi) is 7.17. The highest BCUT2D eigenvalue weighted by Crippen LogP contribution is 2.37. The SMILES string of the molecule is CCN(CCc1ccncc1)C1=C(c2cccs2)C(=O)N(C2CCCCCCC2)C1=O. The van der Waals surface area contributed by atoms with Crippen molar-refractivity contribution in [2.24, 2.45) is 0 Å². The minimum atomic E-state index is -0.101. The number of nitrogens with zero attached hydrogens (tertiary/aromatic N) is 3. The van der Waals surface area contributed by atoms with E-state index in [0.29, 0.717) is 24.4 Å². The van der Waals surface area contributed by atoms with Crippen LogP contribution in [0.4, 0.5) is 0 Å². The van der Waals surface area contributed by atoms with E-state index in [1.807, 2.05) is 29.6 Å². The van der Waals surface area contributed by atoms with Gasteiger partial charge in [0.1, 0.15) is 5.70 Å². The molecule has 5 nitrogen and oxygen atoms in total. The lowest BCUT2D eigenvalue weighted by Gasteiger charge is -2.30. The van der Waals surface area contributed by atoms with Crippen molar-refractivity contribution in [3.05, 3.63) is 58.2 Å². The molecule has 2 aromatic heterocycles. The van der Waals surface area contributed by atoms with Gasteiger partial charge >= 0.3 is 0 Å². The second-order valence-electron chi connectivity index (χ2n) is 8.37. The molecule has 0 unspecified atom stereocenters. The molecule has 3 heterocycles. The van der Waals surface area contributed by atoms with Crippen LogP contribution in [0, 0.1) is 0 Å². The van der Waals surface area contributed by atoms with Gasteiger partial charge < -0.3 is 4.90 Å². The van der Waals surface area contributed by atoms with Crippen LogP contribution >= 0.6 is 11.3 Å². The van der Waals surface area contributed by atoms with Gasteiger partial charge in [0.05, 0.1) is 5.57 Å². The Morgan fingerprint density at radius 3 is 2.39 bits per heavy atom. The first-order valence-corrected chi connectivity index (χ1v) is 12.4. The highest BCUT2D eigenvalue weighted by molar-refractivity contribution is 7.11. The number of likely N-dealkylation sites (N-methyl/N-ethyl adjacent to an activating group) is 1. The number of rotatable bonds is 7. The van der Waals surface area contributed by atoms with Crippen LogP contribution in [-0.4, -0.2) is 45.7 Å². The number of aromatic nitrogens is 1. The van der Waals surface area contributed by atoms with Gasteiger partial charge in [-0.3, -0.25) is 19.5 Å². The van der Waals surface area contributed by atoms with Crippen LogP contribution in [0.15, 0.2) is 47.7 Å². The van der Waals surface area contributed by atoms with E-state index in [4.69, 9.17) is 0 Å². The molecular weight excluding hydrogens is 406 g/mol. The molecule has 0 radical (unpaired) electrons. The first-order valence-electron chi connectivity index (χ1n) is 11.5. The second-order valence-corrected chi connectivity index (χ2v) is 9.31. The van der Waals surface area contributed by atoms with Crippen LogP contribution < -0.4 is 0 Å². The number of carbonyl (C=O) groups excluding carboxylic acids is 2. The summed E-state index contributed by atoms with van der Waals surface area (Å²) >= 11 is 1.54. The highest BCUT2D eigenvalue weighted by Gasteiger charge is 2.44. The van der Waals surface area contributed by atoms with Crippen molar-refractivity contribution < 1.29 is 9.59 Å². The molecule has 0 atom stereocenters. The third-order valence-electron chi connectivity index (χ3n) is 6.42. The van der Waals surface area contributed by atoms with Crippen molar-refractivity contribution in [3.8, 4) is 0 Å². The molecule has 4 rings (SSSR count). The van der Waals surface area contributed by atoms with E-state index < -0.39 is 0 Å². The van der Waals surface area contributed by atoms with Crippen molar-refractivity contribution in [1.29, 1.82) is 0 Å². The van der Waals surface area contributed by atoms with Gasteiger partial charge in [-0.25, -0.2) is 0 Å². The smallest absolute Gasteiger partial charge is 0.278 e. The Hall–Kier alpha value is -2.47. The molecule has 31 heavy (non-hydrogen) atoms. The second kappa shape index (κ2) is 10.2. The summed E-state index contributed by atoms with van der Waals surface area (Å²) in [5, 5.41) is 1.98. The van der Waals surface area contributed by atoms with Gasteiger partial charge in [0.15, 0.2) is 0 Å². The topological polar surface area (TPSA) is 53.5 Å². The van der Waals surface area contributed by atoms with E-state index in [1.54, 1.807) is 17.3 Å². The number of hydrogen-bond donors (Lipinski definition) is 0. The van der Waals surface area contributed by atoms with Gasteiger partial charge in [-0.05, 0) is 55.3 Å². The zero-order chi connectivity index (χ0) is 21.6. The molecule has 1 fully saturated rings. The van der Waals surface area contributed by atoms with Crippen LogP contribution in [0.1, 0.15) is 62.3 Å². The van der Waals surface area contributed by atoms with Crippen molar-refractivity contribution in [3.63, 3.8) is 0 Å². The lowest BCUT2D eigenvalue weighted by molar-refractivity contribution is -0.140. The first kappa shape index (κ1) is 21.8. The van der Waals surface area contributed by atoms with Crippen molar-refractivity contribution >= 4 is 28.7 Å². The van der Waals surface area contributed by atoms with Gasteiger partial charge in [0, 0.05) is 36.4 Å². The normalized spacial score (nSPS) is 18.4. The summed E-state index contributed by atoms with van der Waals surface area (Å²) in [6, 6.07) is 7.94. The fourth-order valence-corrected chi connectivity index (χ4v) is 5.50. The number of carbonyl (C=O) groups is 2. The Bertz CT molecular complexity index is 916. The van der Waals surface area contributed by atoms with E-state index in [-0.39, 0.29) is 17.9 Å². The fourth-order valence-electron chi connectivity index (χ4n) is 4.74. The predicted molar refractivity (Wildman–Crippen MR) is 124 cm³/mol. The molecule has 1 aliphatic heterocycles. The number of pyridine rings is 1. The zero-order valence-corrected chi connectivity index (χ0v) is 19.1. The maximum absolute atomic E-state index is 13.7. The standard InChI is InChI=1S/C25H31N3O2S/c1-2-27(17-14-19-12-15-26-16-13-19)23-22(21-11-8-18-31-21)24(29)28(25(23)30)20-9-6-4-3-5-7-10-20/h8,11-13,15-16,18,20H,2-7,9-10,14,17H2,1H3. The van der Waals surface area contributed by atoms with Crippen molar-refractivity contribution in [1.82, 2.24) is 14.8 Å². The van der Waals surface area contributed by atoms with Crippen molar-refractivity contribution in [2.45, 2.75) is 64.3 Å². The van der Waals surface area contributed by atoms with Gasteiger partial charge in [0.25, 0.3) is 11.8 Å². The molecule has 1 aliphatic carbocycles. The van der Waals surface area contributed by atoms with Crippen LogP contribution in [0.2, 0.25) is 0 Å². The Labute approximate surface area is 188 Å². The predicted octanol–water partition coefficient (Wildman–Crippen LogP) is 4.90. The zero-order valence-electron chi connectivity index (χ0n) is 18.3. The lowest BCUT2D eigenvalue weighted by Crippen LogP contribution is -2.43. The van der Waals surface area contributed by atoms with Crippen LogP contribution in [-0.2, 0) is 16.0 Å². The van der Waals surface area contributed by atoms with Crippen molar-refractivity contribution in [2.75, 3.05) is 13.1 Å². The largest absolute Gasteiger partial charge is 0.366 e. The molecule has 1 saturated carbocycles. The summed E-state index contributed by atoms with van der Waals surface area (Å²) < 4.78 is 0. The summed E-state index contributed by atoms with van der Waals surface area (Å²) in [5.41, 5.74) is 2.37. The summed E-state index contributed by atoms with van der Waals surface area (Å²) in [4.78, 5) is 36.0. The van der Waals surface area contributed by atoms with E-state index in [9.17, 15) is 9.59 Å². The Morgan fingerprint density at radius 2 is 1.74 bits per heavy atom. The maximum Gasteiger partial charge on any atom is 0.278 e. The quantitative estimate of drug-likeness (QED) is 0.578. The molecule has 0 N–H and O–H groups in total. The summed E-state index contributed by atoms with van der Waals surface area (Å²) in [7, 11) is 0. The molecule has 6 heteroatoms. The van der Waals surface area contributed by atoms with Gasteiger partial charge in [0.2, 0.25) is 0 Å². The Balaban J connectivity index is 1.64. The minimum absolute atomic E-state index is 0.0201. The fraction of sp³-hybridized carbons (Fsp3) is 0.480. The van der Waals surface area contributed by atoms with E-state index in [1.165, 1.54) is 36.2 Å². The monoisotopic (exact) mass is 437 g/mol. The number of amides is 2. The molecule has 0 saturated heterocycles. The molecule has 0 spiro atoms. The van der Waals surface area contributed by atoms with E-state index >= 15 is 0 Å². The average molecular weight is 438 g/mol. The van der Waals surface area contributed by atoms with Gasteiger partial charge in [-0.1, -0.05) is 38.2 Å². The average Bonchev–Trinajstić information content (AvgIpc) is 3.37. The third-order valence-corrected chi connectivity index (χ3v) is 7.30. The van der Waals surface area contributed by atoms with Crippen LogP contribution in [0.5, 0.6) is 0 Å². The van der Waals surface area contributed by atoms with Crippen LogP contribution in [0.25, 0.3) is 5.57 Å². The summed E-state index contributed by atoms with van der Waals surface area (Å²) in [6.45, 7) is 3.44. The van der Waals surface area contributed by atoms with Crippen LogP contribution in [0.3, 0.4) is 0 Å².